The highest BCUT2D eigenvalue weighted by molar-refractivity contribution is 5.23. The third kappa shape index (κ3) is 2.11. The topological polar surface area (TPSA) is 39.1 Å². The Morgan fingerprint density at radius 3 is 3.12 bits per heavy atom. The van der Waals surface area contributed by atoms with Gasteiger partial charge in [0.1, 0.15) is 0 Å². The van der Waals surface area contributed by atoms with Gasteiger partial charge < -0.3 is 10.1 Å². The Morgan fingerprint density at radius 1 is 1.47 bits per heavy atom. The maximum Gasteiger partial charge on any atom is 0.0756 e. The third-order valence-electron chi connectivity index (χ3n) is 4.06. The second-order valence-electron chi connectivity index (χ2n) is 5.19. The number of rotatable bonds is 2. The molecule has 2 fully saturated rings. The van der Waals surface area contributed by atoms with Gasteiger partial charge in [0.25, 0.3) is 0 Å². The van der Waals surface area contributed by atoms with Gasteiger partial charge in [-0.3, -0.25) is 4.68 Å². The van der Waals surface area contributed by atoms with Gasteiger partial charge in [0.15, 0.2) is 0 Å². The predicted molar refractivity (Wildman–Crippen MR) is 66.3 cm³/mol. The SMILES string of the molecule is Cc1c(C2CCNC2)cnn1C1CCCOC1. The molecule has 17 heavy (non-hydrogen) atoms. The Labute approximate surface area is 102 Å². The van der Waals surface area contributed by atoms with Crippen LogP contribution in [0.25, 0.3) is 0 Å². The summed E-state index contributed by atoms with van der Waals surface area (Å²) in [5, 5.41) is 8.02. The van der Waals surface area contributed by atoms with E-state index >= 15 is 0 Å². The lowest BCUT2D eigenvalue weighted by Gasteiger charge is -2.24. The molecule has 0 amide bonds. The van der Waals surface area contributed by atoms with Gasteiger partial charge >= 0.3 is 0 Å². The zero-order valence-electron chi connectivity index (χ0n) is 10.5. The van der Waals surface area contributed by atoms with Crippen LogP contribution < -0.4 is 5.32 Å². The minimum atomic E-state index is 0.451. The molecule has 1 aromatic heterocycles. The fourth-order valence-corrected chi connectivity index (χ4v) is 3.04. The Morgan fingerprint density at radius 2 is 2.41 bits per heavy atom. The van der Waals surface area contributed by atoms with Crippen LogP contribution in [0.4, 0.5) is 0 Å². The zero-order chi connectivity index (χ0) is 11.7. The molecule has 0 bridgehead atoms. The molecular weight excluding hydrogens is 214 g/mol. The molecule has 1 aromatic rings. The molecule has 2 aliphatic heterocycles. The van der Waals surface area contributed by atoms with Gasteiger partial charge in [-0.05, 0) is 38.3 Å². The van der Waals surface area contributed by atoms with Crippen molar-refractivity contribution in [1.29, 1.82) is 0 Å². The average Bonchev–Trinajstić information content (AvgIpc) is 2.99. The second kappa shape index (κ2) is 4.78. The highest BCUT2D eigenvalue weighted by Crippen LogP contribution is 2.28. The van der Waals surface area contributed by atoms with Crippen LogP contribution in [0.3, 0.4) is 0 Å². The van der Waals surface area contributed by atoms with Crippen molar-refractivity contribution in [1.82, 2.24) is 15.1 Å². The van der Waals surface area contributed by atoms with E-state index in [-0.39, 0.29) is 0 Å². The first-order valence-corrected chi connectivity index (χ1v) is 6.68. The highest BCUT2D eigenvalue weighted by Gasteiger charge is 2.24. The van der Waals surface area contributed by atoms with E-state index in [1.807, 2.05) is 0 Å². The fourth-order valence-electron chi connectivity index (χ4n) is 3.04. The summed E-state index contributed by atoms with van der Waals surface area (Å²) in [5.74, 6) is 0.660. The minimum absolute atomic E-state index is 0.451. The Hall–Kier alpha value is -0.870. The van der Waals surface area contributed by atoms with Crippen molar-refractivity contribution in [2.75, 3.05) is 26.3 Å². The maximum absolute atomic E-state index is 5.55. The van der Waals surface area contributed by atoms with Gasteiger partial charge in [-0.25, -0.2) is 0 Å². The molecule has 0 radical (unpaired) electrons. The van der Waals surface area contributed by atoms with Crippen molar-refractivity contribution in [3.63, 3.8) is 0 Å². The normalized spacial score (nSPS) is 29.7. The van der Waals surface area contributed by atoms with E-state index in [0.29, 0.717) is 12.0 Å². The second-order valence-corrected chi connectivity index (χ2v) is 5.19. The number of hydrogen-bond donors (Lipinski definition) is 1. The number of aromatic nitrogens is 2. The molecule has 2 aliphatic rings. The lowest BCUT2D eigenvalue weighted by atomic mass is 9.99. The lowest BCUT2D eigenvalue weighted by molar-refractivity contribution is 0.0541. The van der Waals surface area contributed by atoms with E-state index in [2.05, 4.69) is 28.2 Å². The van der Waals surface area contributed by atoms with E-state index in [9.17, 15) is 0 Å². The fraction of sp³-hybridized carbons (Fsp3) is 0.769. The Kier molecular flexibility index (Phi) is 3.16. The van der Waals surface area contributed by atoms with Crippen LogP contribution in [-0.4, -0.2) is 36.1 Å². The molecule has 2 atom stereocenters. The number of ether oxygens (including phenoxy) is 1. The molecule has 0 saturated carbocycles. The van der Waals surface area contributed by atoms with Crippen molar-refractivity contribution in [3.05, 3.63) is 17.5 Å². The van der Waals surface area contributed by atoms with Gasteiger partial charge in [-0.15, -0.1) is 0 Å². The van der Waals surface area contributed by atoms with Gasteiger partial charge in [0.05, 0.1) is 18.8 Å². The van der Waals surface area contributed by atoms with E-state index in [0.717, 1.165) is 32.7 Å². The first-order chi connectivity index (χ1) is 8.36. The molecule has 4 heteroatoms. The van der Waals surface area contributed by atoms with Crippen LogP contribution in [-0.2, 0) is 4.74 Å². The van der Waals surface area contributed by atoms with Gasteiger partial charge in [-0.1, -0.05) is 0 Å². The number of nitrogens with zero attached hydrogens (tertiary/aromatic N) is 2. The molecule has 4 nitrogen and oxygen atoms in total. The number of nitrogens with one attached hydrogen (secondary N) is 1. The molecule has 2 unspecified atom stereocenters. The van der Waals surface area contributed by atoms with Gasteiger partial charge in [-0.2, -0.15) is 5.10 Å². The summed E-state index contributed by atoms with van der Waals surface area (Å²) < 4.78 is 7.74. The van der Waals surface area contributed by atoms with Crippen molar-refractivity contribution in [2.24, 2.45) is 0 Å². The largest absolute Gasteiger partial charge is 0.379 e. The average molecular weight is 235 g/mol. The van der Waals surface area contributed by atoms with Crippen molar-refractivity contribution in [3.8, 4) is 0 Å². The van der Waals surface area contributed by atoms with E-state index in [1.54, 1.807) is 0 Å². The van der Waals surface area contributed by atoms with E-state index in [1.165, 1.54) is 24.1 Å². The molecule has 3 heterocycles. The summed E-state index contributed by atoms with van der Waals surface area (Å²) in [6, 6.07) is 0.451. The van der Waals surface area contributed by atoms with Crippen molar-refractivity contribution < 1.29 is 4.74 Å². The maximum atomic E-state index is 5.55. The summed E-state index contributed by atoms with van der Waals surface area (Å²) in [6.45, 7) is 6.19. The summed E-state index contributed by atoms with van der Waals surface area (Å²) in [4.78, 5) is 0. The van der Waals surface area contributed by atoms with Crippen LogP contribution in [0, 0.1) is 6.92 Å². The Balaban J connectivity index is 1.80. The van der Waals surface area contributed by atoms with Crippen molar-refractivity contribution in [2.45, 2.75) is 38.1 Å². The minimum Gasteiger partial charge on any atom is -0.379 e. The van der Waals surface area contributed by atoms with Crippen LogP contribution in [0.1, 0.15) is 42.5 Å². The third-order valence-corrected chi connectivity index (χ3v) is 4.06. The highest BCUT2D eigenvalue weighted by atomic mass is 16.5. The quantitative estimate of drug-likeness (QED) is 0.846. The van der Waals surface area contributed by atoms with E-state index in [4.69, 9.17) is 4.74 Å². The monoisotopic (exact) mass is 235 g/mol. The summed E-state index contributed by atoms with van der Waals surface area (Å²) in [6.07, 6.45) is 5.67. The summed E-state index contributed by atoms with van der Waals surface area (Å²) in [5.41, 5.74) is 2.77. The van der Waals surface area contributed by atoms with Crippen LogP contribution in [0.5, 0.6) is 0 Å². The molecular formula is C13H21N3O. The van der Waals surface area contributed by atoms with Crippen molar-refractivity contribution >= 4 is 0 Å². The first-order valence-electron chi connectivity index (χ1n) is 6.68. The standard InChI is InChI=1S/C13H21N3O/c1-10-13(11-4-5-14-7-11)8-15-16(10)12-3-2-6-17-9-12/h8,11-12,14H,2-7,9H2,1H3. The van der Waals surface area contributed by atoms with Gasteiger partial charge in [0.2, 0.25) is 0 Å². The zero-order valence-corrected chi connectivity index (χ0v) is 10.5. The van der Waals surface area contributed by atoms with Crippen LogP contribution >= 0.6 is 0 Å². The molecule has 1 N–H and O–H groups in total. The first kappa shape index (κ1) is 11.2. The van der Waals surface area contributed by atoms with Gasteiger partial charge in [0, 0.05) is 24.8 Å². The van der Waals surface area contributed by atoms with Crippen LogP contribution in [0.15, 0.2) is 6.20 Å². The number of hydrogen-bond acceptors (Lipinski definition) is 3. The summed E-state index contributed by atoms with van der Waals surface area (Å²) in [7, 11) is 0. The Bertz CT molecular complexity index is 376. The van der Waals surface area contributed by atoms with Crippen LogP contribution in [0.2, 0.25) is 0 Å². The van der Waals surface area contributed by atoms with E-state index < -0.39 is 0 Å². The predicted octanol–water partition coefficient (Wildman–Crippen LogP) is 1.62. The summed E-state index contributed by atoms with van der Waals surface area (Å²) >= 11 is 0. The molecule has 0 aromatic carbocycles. The lowest BCUT2D eigenvalue weighted by Crippen LogP contribution is -2.23. The molecule has 0 aliphatic carbocycles. The molecule has 0 spiro atoms. The molecule has 2 saturated heterocycles. The molecule has 3 rings (SSSR count). The smallest absolute Gasteiger partial charge is 0.0756 e. The molecule has 94 valence electrons.